The van der Waals surface area contributed by atoms with Gasteiger partial charge in [0.15, 0.2) is 0 Å². The van der Waals surface area contributed by atoms with E-state index in [2.05, 4.69) is 16.8 Å². The van der Waals surface area contributed by atoms with Gasteiger partial charge >= 0.3 is 0 Å². The smallest absolute Gasteiger partial charge is 0.253 e. The lowest BCUT2D eigenvalue weighted by molar-refractivity contribution is 0.0867. The Balaban J connectivity index is 1.82. The fraction of sp³-hybridized carbons (Fsp3) is 0.667. The zero-order valence-corrected chi connectivity index (χ0v) is 12.3. The summed E-state index contributed by atoms with van der Waals surface area (Å²) in [5, 5.41) is 11.5. The Labute approximate surface area is 119 Å². The highest BCUT2D eigenvalue weighted by Crippen LogP contribution is 2.38. The number of carbonyl (C=O) groups excluding carboxylic acids is 1. The van der Waals surface area contributed by atoms with Gasteiger partial charge in [0.2, 0.25) is 0 Å². The van der Waals surface area contributed by atoms with Gasteiger partial charge in [0.1, 0.15) is 0 Å². The predicted octanol–water partition coefficient (Wildman–Crippen LogP) is 1.57. The number of hydrogen-bond donors (Lipinski definition) is 2. The average molecular weight is 280 g/mol. The molecule has 1 aromatic rings. The number of hydrogen-bond acceptors (Lipinski definition) is 3. The molecule has 0 atom stereocenters. The molecule has 1 aliphatic rings. The molecule has 1 aliphatic carbocycles. The highest BCUT2D eigenvalue weighted by Gasteiger charge is 2.28. The predicted molar refractivity (Wildman–Crippen MR) is 77.0 cm³/mol. The van der Waals surface area contributed by atoms with E-state index in [9.17, 15) is 4.79 Å². The maximum absolute atomic E-state index is 12.2. The Hall–Kier alpha value is -1.33. The van der Waals surface area contributed by atoms with E-state index in [1.807, 2.05) is 13.0 Å². The van der Waals surface area contributed by atoms with Crippen molar-refractivity contribution in [2.75, 3.05) is 26.4 Å². The van der Waals surface area contributed by atoms with Crippen LogP contribution in [0.25, 0.3) is 0 Å². The molecule has 0 unspecified atom stereocenters. The SMILES string of the molecule is Cc1cc(C(=O)NCCCOCCO)c(C)n1C1CC1. The third kappa shape index (κ3) is 3.61. The number of carbonyl (C=O) groups is 1. The van der Waals surface area contributed by atoms with E-state index in [1.165, 1.54) is 18.5 Å². The van der Waals surface area contributed by atoms with E-state index in [0.29, 0.717) is 25.8 Å². The van der Waals surface area contributed by atoms with Crippen molar-refractivity contribution in [2.45, 2.75) is 39.2 Å². The van der Waals surface area contributed by atoms with Gasteiger partial charge in [-0.05, 0) is 39.2 Å². The molecule has 5 nitrogen and oxygen atoms in total. The molecule has 0 aromatic carbocycles. The summed E-state index contributed by atoms with van der Waals surface area (Å²) in [6.07, 6.45) is 3.20. The maximum atomic E-state index is 12.2. The van der Waals surface area contributed by atoms with Crippen LogP contribution in [0.4, 0.5) is 0 Å². The van der Waals surface area contributed by atoms with Gasteiger partial charge in [0, 0.05) is 30.6 Å². The van der Waals surface area contributed by atoms with Gasteiger partial charge in [-0.3, -0.25) is 4.79 Å². The van der Waals surface area contributed by atoms with E-state index < -0.39 is 0 Å². The summed E-state index contributed by atoms with van der Waals surface area (Å²) in [7, 11) is 0. The minimum atomic E-state index is -0.00726. The monoisotopic (exact) mass is 280 g/mol. The third-order valence-electron chi connectivity index (χ3n) is 3.63. The first kappa shape index (κ1) is 15.1. The van der Waals surface area contributed by atoms with Crippen molar-refractivity contribution in [3.63, 3.8) is 0 Å². The molecular weight excluding hydrogens is 256 g/mol. The van der Waals surface area contributed by atoms with E-state index in [0.717, 1.165) is 17.7 Å². The number of nitrogens with one attached hydrogen (secondary N) is 1. The highest BCUT2D eigenvalue weighted by molar-refractivity contribution is 5.95. The van der Waals surface area contributed by atoms with Crippen LogP contribution in [0.2, 0.25) is 0 Å². The topological polar surface area (TPSA) is 63.5 Å². The first-order valence-corrected chi connectivity index (χ1v) is 7.30. The molecule has 20 heavy (non-hydrogen) atoms. The fourth-order valence-electron chi connectivity index (χ4n) is 2.54. The van der Waals surface area contributed by atoms with Crippen molar-refractivity contribution >= 4 is 5.91 Å². The van der Waals surface area contributed by atoms with Gasteiger partial charge in [-0.1, -0.05) is 0 Å². The Morgan fingerprint density at radius 1 is 1.45 bits per heavy atom. The number of ether oxygens (including phenoxy) is 1. The first-order valence-electron chi connectivity index (χ1n) is 7.30. The summed E-state index contributed by atoms with van der Waals surface area (Å²) in [4.78, 5) is 12.2. The van der Waals surface area contributed by atoms with Crippen molar-refractivity contribution in [1.29, 1.82) is 0 Å². The standard InChI is InChI=1S/C15H24N2O3/c1-11-10-14(12(2)17(11)13-4-5-13)15(19)16-6-3-8-20-9-7-18/h10,13,18H,3-9H2,1-2H3,(H,16,19). The molecule has 0 saturated heterocycles. The van der Waals surface area contributed by atoms with Crippen molar-refractivity contribution in [3.8, 4) is 0 Å². The second-order valence-electron chi connectivity index (χ2n) is 5.33. The van der Waals surface area contributed by atoms with Gasteiger partial charge in [-0.2, -0.15) is 0 Å². The molecule has 5 heteroatoms. The second kappa shape index (κ2) is 6.90. The van der Waals surface area contributed by atoms with Crippen molar-refractivity contribution in [3.05, 3.63) is 23.0 Å². The van der Waals surface area contributed by atoms with Gasteiger partial charge in [-0.15, -0.1) is 0 Å². The Kier molecular flexibility index (Phi) is 5.20. The molecule has 1 fully saturated rings. The highest BCUT2D eigenvalue weighted by atomic mass is 16.5. The normalized spacial score (nSPS) is 14.6. The molecule has 0 bridgehead atoms. The maximum Gasteiger partial charge on any atom is 0.253 e. The van der Waals surface area contributed by atoms with E-state index in [4.69, 9.17) is 9.84 Å². The fourth-order valence-corrected chi connectivity index (χ4v) is 2.54. The summed E-state index contributed by atoms with van der Waals surface area (Å²) >= 11 is 0. The molecule has 1 heterocycles. The molecular formula is C15H24N2O3. The Bertz CT molecular complexity index is 464. The van der Waals surface area contributed by atoms with E-state index >= 15 is 0 Å². The molecule has 1 aromatic heterocycles. The van der Waals surface area contributed by atoms with Crippen LogP contribution in [0.3, 0.4) is 0 Å². The molecule has 0 spiro atoms. The van der Waals surface area contributed by atoms with Crippen LogP contribution in [0.1, 0.15) is 47.1 Å². The Morgan fingerprint density at radius 3 is 2.85 bits per heavy atom. The van der Waals surface area contributed by atoms with Crippen LogP contribution >= 0.6 is 0 Å². The van der Waals surface area contributed by atoms with Crippen LogP contribution in [-0.4, -0.2) is 41.9 Å². The number of aromatic nitrogens is 1. The lowest BCUT2D eigenvalue weighted by Gasteiger charge is -2.08. The van der Waals surface area contributed by atoms with Crippen LogP contribution in [0.15, 0.2) is 6.07 Å². The third-order valence-corrected chi connectivity index (χ3v) is 3.63. The molecule has 2 rings (SSSR count). The van der Waals surface area contributed by atoms with Gasteiger partial charge in [0.05, 0.1) is 18.8 Å². The summed E-state index contributed by atoms with van der Waals surface area (Å²) in [6.45, 7) is 5.63. The molecule has 2 N–H and O–H groups in total. The van der Waals surface area contributed by atoms with Gasteiger partial charge in [0.25, 0.3) is 5.91 Å². The summed E-state index contributed by atoms with van der Waals surface area (Å²) in [6, 6.07) is 2.58. The number of rotatable bonds is 8. The minimum Gasteiger partial charge on any atom is -0.394 e. The van der Waals surface area contributed by atoms with Gasteiger partial charge in [-0.25, -0.2) is 0 Å². The minimum absolute atomic E-state index is 0.00726. The van der Waals surface area contributed by atoms with E-state index in [-0.39, 0.29) is 12.5 Å². The zero-order chi connectivity index (χ0) is 14.5. The summed E-state index contributed by atoms with van der Waals surface area (Å²) in [5.74, 6) is -0.00726. The van der Waals surface area contributed by atoms with Crippen molar-refractivity contribution in [1.82, 2.24) is 9.88 Å². The number of aryl methyl sites for hydroxylation is 1. The average Bonchev–Trinajstić information content (AvgIpc) is 3.20. The number of nitrogens with zero attached hydrogens (tertiary/aromatic N) is 1. The van der Waals surface area contributed by atoms with Crippen LogP contribution in [0.5, 0.6) is 0 Å². The quantitative estimate of drug-likeness (QED) is 0.710. The molecule has 0 aliphatic heterocycles. The summed E-state index contributed by atoms with van der Waals surface area (Å²) in [5.41, 5.74) is 3.02. The molecule has 112 valence electrons. The van der Waals surface area contributed by atoms with Crippen LogP contribution in [-0.2, 0) is 4.74 Å². The van der Waals surface area contributed by atoms with Crippen molar-refractivity contribution < 1.29 is 14.6 Å². The number of aliphatic hydroxyl groups excluding tert-OH is 1. The molecule has 1 saturated carbocycles. The molecule has 0 radical (unpaired) electrons. The number of aliphatic hydroxyl groups is 1. The van der Waals surface area contributed by atoms with Crippen LogP contribution in [0, 0.1) is 13.8 Å². The zero-order valence-electron chi connectivity index (χ0n) is 12.3. The van der Waals surface area contributed by atoms with Gasteiger partial charge < -0.3 is 19.7 Å². The second-order valence-corrected chi connectivity index (χ2v) is 5.33. The first-order chi connectivity index (χ1) is 9.65. The van der Waals surface area contributed by atoms with E-state index in [1.54, 1.807) is 0 Å². The molecule has 1 amide bonds. The lowest BCUT2D eigenvalue weighted by atomic mass is 10.2. The largest absolute Gasteiger partial charge is 0.394 e. The summed E-state index contributed by atoms with van der Waals surface area (Å²) < 4.78 is 7.43. The Morgan fingerprint density at radius 2 is 2.20 bits per heavy atom. The lowest BCUT2D eigenvalue weighted by Crippen LogP contribution is -2.25. The number of amides is 1. The van der Waals surface area contributed by atoms with Crippen molar-refractivity contribution in [2.24, 2.45) is 0 Å². The van der Waals surface area contributed by atoms with Crippen LogP contribution < -0.4 is 5.32 Å².